The first-order valence-corrected chi connectivity index (χ1v) is 12.8. The Bertz CT molecular complexity index is 927. The molecule has 0 bridgehead atoms. The molecule has 31 heavy (non-hydrogen) atoms. The number of nitrogens with zero attached hydrogens (tertiary/aromatic N) is 1. The number of benzene rings is 1. The average Bonchev–Trinajstić information content (AvgIpc) is 3.49. The lowest BCUT2D eigenvalue weighted by Crippen LogP contribution is -2.52. The van der Waals surface area contributed by atoms with Crippen LogP contribution >= 0.6 is 11.3 Å². The van der Waals surface area contributed by atoms with E-state index in [1.807, 2.05) is 30.3 Å². The fourth-order valence-electron chi connectivity index (χ4n) is 5.88. The standard InChI is InChI=1S/C26H32N2O2S/c1-17-12-14-18(15-13-17)27-25(29)23-20-9-4-5-10-21(20)26(30)28(19-7-2-3-8-19)24(23)22-11-6-16-31-22/h4-6,9-11,16-19,23-24H,2-3,7-8,12-15H2,1H3,(H,27,29)/t17?,18?,23-,24+/m1/s1. The minimum absolute atomic E-state index is 0.0842. The molecule has 0 spiro atoms. The van der Waals surface area contributed by atoms with E-state index in [9.17, 15) is 9.59 Å². The normalized spacial score (nSPS) is 29.1. The molecule has 1 aliphatic heterocycles. The fraction of sp³-hybridized carbons (Fsp3) is 0.538. The zero-order chi connectivity index (χ0) is 21.4. The lowest BCUT2D eigenvalue weighted by Gasteiger charge is -2.44. The lowest BCUT2D eigenvalue weighted by molar-refractivity contribution is -0.125. The molecule has 1 N–H and O–H groups in total. The van der Waals surface area contributed by atoms with Crippen molar-refractivity contribution in [1.82, 2.24) is 10.2 Å². The van der Waals surface area contributed by atoms with Gasteiger partial charge in [0.1, 0.15) is 0 Å². The van der Waals surface area contributed by atoms with Crippen LogP contribution in [0.5, 0.6) is 0 Å². The smallest absolute Gasteiger partial charge is 0.254 e. The molecule has 2 atom stereocenters. The van der Waals surface area contributed by atoms with E-state index in [1.54, 1.807) is 11.3 Å². The van der Waals surface area contributed by atoms with Gasteiger partial charge in [-0.3, -0.25) is 9.59 Å². The van der Waals surface area contributed by atoms with Crippen molar-refractivity contribution in [1.29, 1.82) is 0 Å². The van der Waals surface area contributed by atoms with Gasteiger partial charge in [-0.2, -0.15) is 0 Å². The van der Waals surface area contributed by atoms with E-state index >= 15 is 0 Å². The quantitative estimate of drug-likeness (QED) is 0.672. The first-order chi connectivity index (χ1) is 15.1. The van der Waals surface area contributed by atoms with Gasteiger partial charge >= 0.3 is 0 Å². The second-order valence-corrected chi connectivity index (χ2v) is 10.6. The summed E-state index contributed by atoms with van der Waals surface area (Å²) >= 11 is 1.66. The van der Waals surface area contributed by atoms with Crippen LogP contribution in [0.4, 0.5) is 0 Å². The van der Waals surface area contributed by atoms with Crippen molar-refractivity contribution in [3.63, 3.8) is 0 Å². The molecular weight excluding hydrogens is 404 g/mol. The minimum atomic E-state index is -0.354. The monoisotopic (exact) mass is 436 g/mol. The summed E-state index contributed by atoms with van der Waals surface area (Å²) < 4.78 is 0. The zero-order valence-corrected chi connectivity index (χ0v) is 19.1. The Morgan fingerprint density at radius 1 is 1.00 bits per heavy atom. The van der Waals surface area contributed by atoms with Gasteiger partial charge in [-0.05, 0) is 67.5 Å². The molecular formula is C26H32N2O2S. The molecule has 5 rings (SSSR count). The second kappa shape index (κ2) is 8.78. The largest absolute Gasteiger partial charge is 0.353 e. The van der Waals surface area contributed by atoms with Gasteiger partial charge < -0.3 is 10.2 Å². The van der Waals surface area contributed by atoms with E-state index in [1.165, 1.54) is 12.8 Å². The average molecular weight is 437 g/mol. The van der Waals surface area contributed by atoms with Crippen molar-refractivity contribution < 1.29 is 9.59 Å². The SMILES string of the molecule is CC1CCC(NC(=O)[C@@H]2c3ccccc3C(=O)N(C3CCCC3)[C@H]2c2cccs2)CC1. The Balaban J connectivity index is 1.54. The van der Waals surface area contributed by atoms with E-state index in [0.717, 1.165) is 54.9 Å². The van der Waals surface area contributed by atoms with Gasteiger partial charge in [-0.25, -0.2) is 0 Å². The highest BCUT2D eigenvalue weighted by molar-refractivity contribution is 7.10. The van der Waals surface area contributed by atoms with Crippen LogP contribution in [0.2, 0.25) is 0 Å². The first kappa shape index (κ1) is 20.7. The highest BCUT2D eigenvalue weighted by Crippen LogP contribution is 2.47. The molecule has 2 heterocycles. The van der Waals surface area contributed by atoms with Crippen molar-refractivity contribution >= 4 is 23.2 Å². The summed E-state index contributed by atoms with van der Waals surface area (Å²) in [4.78, 5) is 30.7. The van der Waals surface area contributed by atoms with Gasteiger partial charge in [-0.1, -0.05) is 44.0 Å². The Labute approximate surface area is 189 Å². The van der Waals surface area contributed by atoms with Crippen LogP contribution in [0.25, 0.3) is 0 Å². The molecule has 0 unspecified atom stereocenters. The molecule has 2 fully saturated rings. The highest BCUT2D eigenvalue weighted by Gasteiger charge is 2.47. The Hall–Kier alpha value is -2.14. The molecule has 5 heteroatoms. The van der Waals surface area contributed by atoms with Crippen molar-refractivity contribution in [3.8, 4) is 0 Å². The van der Waals surface area contributed by atoms with Crippen LogP contribution in [0.15, 0.2) is 41.8 Å². The molecule has 0 radical (unpaired) electrons. The molecule has 1 aromatic heterocycles. The number of nitrogens with one attached hydrogen (secondary N) is 1. The number of amides is 2. The number of carbonyl (C=O) groups is 2. The van der Waals surface area contributed by atoms with Gasteiger partial charge in [0.2, 0.25) is 5.91 Å². The third-order valence-corrected chi connectivity index (χ3v) is 8.52. The van der Waals surface area contributed by atoms with Crippen LogP contribution in [-0.4, -0.2) is 28.8 Å². The van der Waals surface area contributed by atoms with Gasteiger partial charge in [0, 0.05) is 22.5 Å². The van der Waals surface area contributed by atoms with Gasteiger partial charge in [0.15, 0.2) is 0 Å². The summed E-state index contributed by atoms with van der Waals surface area (Å²) in [5, 5.41) is 5.46. The van der Waals surface area contributed by atoms with Crippen molar-refractivity contribution in [3.05, 3.63) is 57.8 Å². The van der Waals surface area contributed by atoms with Crippen LogP contribution in [0, 0.1) is 5.92 Å². The maximum Gasteiger partial charge on any atom is 0.254 e. The predicted molar refractivity (Wildman–Crippen MR) is 124 cm³/mol. The molecule has 2 amide bonds. The zero-order valence-electron chi connectivity index (χ0n) is 18.3. The van der Waals surface area contributed by atoms with Gasteiger partial charge in [0.05, 0.1) is 12.0 Å². The van der Waals surface area contributed by atoms with E-state index < -0.39 is 0 Å². The predicted octanol–water partition coefficient (Wildman–Crippen LogP) is 5.67. The lowest BCUT2D eigenvalue weighted by atomic mass is 9.80. The van der Waals surface area contributed by atoms with Crippen LogP contribution in [0.1, 0.15) is 91.0 Å². The summed E-state index contributed by atoms with van der Waals surface area (Å²) in [6.07, 6.45) is 8.83. The molecule has 2 saturated carbocycles. The van der Waals surface area contributed by atoms with Crippen molar-refractivity contribution in [2.24, 2.45) is 5.92 Å². The fourth-order valence-corrected chi connectivity index (χ4v) is 6.74. The summed E-state index contributed by atoms with van der Waals surface area (Å²) in [5.41, 5.74) is 1.60. The molecule has 164 valence electrons. The summed E-state index contributed by atoms with van der Waals surface area (Å²) in [7, 11) is 0. The molecule has 0 saturated heterocycles. The number of thiophene rings is 1. The maximum atomic E-state index is 13.8. The van der Waals surface area contributed by atoms with Crippen LogP contribution in [0.3, 0.4) is 0 Å². The number of rotatable bonds is 4. The number of hydrogen-bond donors (Lipinski definition) is 1. The third-order valence-electron chi connectivity index (χ3n) is 7.57. The van der Waals surface area contributed by atoms with E-state index in [2.05, 4.69) is 28.6 Å². The topological polar surface area (TPSA) is 49.4 Å². The van der Waals surface area contributed by atoms with Gasteiger partial charge in [0.25, 0.3) is 5.91 Å². The first-order valence-electron chi connectivity index (χ1n) is 11.9. The molecule has 1 aromatic carbocycles. The Morgan fingerprint density at radius 3 is 2.45 bits per heavy atom. The molecule has 3 aliphatic rings. The van der Waals surface area contributed by atoms with Gasteiger partial charge in [-0.15, -0.1) is 11.3 Å². The second-order valence-electron chi connectivity index (χ2n) is 9.64. The van der Waals surface area contributed by atoms with Crippen LogP contribution in [-0.2, 0) is 4.79 Å². The van der Waals surface area contributed by atoms with Crippen molar-refractivity contribution in [2.45, 2.75) is 82.3 Å². The highest BCUT2D eigenvalue weighted by atomic mass is 32.1. The number of hydrogen-bond acceptors (Lipinski definition) is 3. The maximum absolute atomic E-state index is 13.8. The summed E-state index contributed by atoms with van der Waals surface area (Å²) in [6, 6.07) is 12.2. The van der Waals surface area contributed by atoms with Crippen LogP contribution < -0.4 is 5.32 Å². The number of carbonyl (C=O) groups excluding carboxylic acids is 2. The third kappa shape index (κ3) is 3.93. The van der Waals surface area contributed by atoms with E-state index in [-0.39, 0.29) is 35.9 Å². The van der Waals surface area contributed by atoms with Crippen molar-refractivity contribution in [2.75, 3.05) is 0 Å². The molecule has 2 aliphatic carbocycles. The molecule has 4 nitrogen and oxygen atoms in total. The van der Waals surface area contributed by atoms with E-state index in [0.29, 0.717) is 5.56 Å². The van der Waals surface area contributed by atoms with E-state index in [4.69, 9.17) is 0 Å². The number of fused-ring (bicyclic) bond motifs is 1. The minimum Gasteiger partial charge on any atom is -0.353 e. The molecule has 2 aromatic rings. The summed E-state index contributed by atoms with van der Waals surface area (Å²) in [5.74, 6) is 0.572. The Morgan fingerprint density at radius 2 is 1.74 bits per heavy atom. The summed E-state index contributed by atoms with van der Waals surface area (Å²) in [6.45, 7) is 2.30. The Kier molecular flexibility index (Phi) is 5.87.